The van der Waals surface area contributed by atoms with Crippen LogP contribution in [0, 0.1) is 5.92 Å². The molecule has 0 radical (unpaired) electrons. The van der Waals surface area contributed by atoms with Gasteiger partial charge in [0.2, 0.25) is 5.91 Å². The van der Waals surface area contributed by atoms with E-state index in [4.69, 9.17) is 5.73 Å². The van der Waals surface area contributed by atoms with Crippen molar-refractivity contribution >= 4 is 11.9 Å². The van der Waals surface area contributed by atoms with Crippen LogP contribution in [-0.2, 0) is 14.3 Å². The number of esters is 1. The van der Waals surface area contributed by atoms with Gasteiger partial charge < -0.3 is 15.8 Å². The van der Waals surface area contributed by atoms with Crippen molar-refractivity contribution in [3.63, 3.8) is 0 Å². The minimum Gasteiger partial charge on any atom is -0.469 e. The number of amides is 1. The number of nitrogens with one attached hydrogen (secondary N) is 1. The van der Waals surface area contributed by atoms with Crippen molar-refractivity contribution in [2.24, 2.45) is 11.7 Å². The average Bonchev–Trinajstić information content (AvgIpc) is 2.46. The van der Waals surface area contributed by atoms with Gasteiger partial charge in [-0.15, -0.1) is 0 Å². The van der Waals surface area contributed by atoms with E-state index >= 15 is 0 Å². The van der Waals surface area contributed by atoms with Crippen LogP contribution in [0.2, 0.25) is 0 Å². The number of carbonyl (C=O) groups excluding carboxylic acids is 2. The molecule has 5 heteroatoms. The van der Waals surface area contributed by atoms with E-state index in [9.17, 15) is 9.59 Å². The number of ether oxygens (including phenoxy) is 1. The van der Waals surface area contributed by atoms with Crippen LogP contribution in [0.3, 0.4) is 0 Å². The predicted octanol–water partition coefficient (Wildman–Crippen LogP) is 1.00. The summed E-state index contributed by atoms with van der Waals surface area (Å²) in [6, 6.07) is 8.93. The quantitative estimate of drug-likeness (QED) is 0.751. The molecular weight excluding hydrogens is 244 g/mol. The third-order valence-corrected chi connectivity index (χ3v) is 2.92. The number of benzene rings is 1. The van der Waals surface area contributed by atoms with Gasteiger partial charge in [0.1, 0.15) is 0 Å². The van der Waals surface area contributed by atoms with E-state index in [0.717, 1.165) is 5.56 Å². The summed E-state index contributed by atoms with van der Waals surface area (Å²) in [6.07, 6.45) is 0.101. The second-order valence-corrected chi connectivity index (χ2v) is 4.39. The first-order chi connectivity index (χ1) is 9.08. The molecule has 0 fully saturated rings. The lowest BCUT2D eigenvalue weighted by molar-refractivity contribution is -0.141. The van der Waals surface area contributed by atoms with Gasteiger partial charge in [-0.25, -0.2) is 0 Å². The molecule has 2 unspecified atom stereocenters. The average molecular weight is 264 g/mol. The van der Waals surface area contributed by atoms with E-state index in [1.54, 1.807) is 6.92 Å². The van der Waals surface area contributed by atoms with Crippen LogP contribution in [0.15, 0.2) is 30.3 Å². The highest BCUT2D eigenvalue weighted by Gasteiger charge is 2.21. The van der Waals surface area contributed by atoms with E-state index < -0.39 is 6.04 Å². The zero-order valence-electron chi connectivity index (χ0n) is 11.3. The molecule has 1 aromatic carbocycles. The lowest BCUT2D eigenvalue weighted by Crippen LogP contribution is -2.36. The fourth-order valence-corrected chi connectivity index (χ4v) is 1.61. The summed E-state index contributed by atoms with van der Waals surface area (Å²) >= 11 is 0. The summed E-state index contributed by atoms with van der Waals surface area (Å²) in [7, 11) is 1.33. The Morgan fingerprint density at radius 1 is 1.32 bits per heavy atom. The van der Waals surface area contributed by atoms with Crippen LogP contribution < -0.4 is 11.1 Å². The minimum atomic E-state index is -0.393. The summed E-state index contributed by atoms with van der Waals surface area (Å²) in [5, 5.41) is 2.83. The first kappa shape index (κ1) is 15.2. The van der Waals surface area contributed by atoms with Crippen molar-refractivity contribution in [3.8, 4) is 0 Å². The van der Waals surface area contributed by atoms with Crippen LogP contribution >= 0.6 is 0 Å². The molecule has 1 amide bonds. The molecule has 0 aliphatic carbocycles. The van der Waals surface area contributed by atoms with Crippen molar-refractivity contribution in [1.82, 2.24) is 5.32 Å². The molecule has 1 rings (SSSR count). The van der Waals surface area contributed by atoms with Crippen molar-refractivity contribution in [2.45, 2.75) is 19.4 Å². The smallest absolute Gasteiger partial charge is 0.307 e. The molecule has 0 aromatic heterocycles. The Labute approximate surface area is 113 Å². The highest BCUT2D eigenvalue weighted by Crippen LogP contribution is 2.17. The third-order valence-electron chi connectivity index (χ3n) is 2.92. The Hall–Kier alpha value is -1.88. The molecule has 0 aliphatic heterocycles. The Balaban J connectivity index is 2.81. The Bertz CT molecular complexity index is 420. The second kappa shape index (κ2) is 7.53. The van der Waals surface area contributed by atoms with Crippen LogP contribution in [0.1, 0.15) is 24.9 Å². The van der Waals surface area contributed by atoms with Gasteiger partial charge in [-0.2, -0.15) is 0 Å². The van der Waals surface area contributed by atoms with Crippen molar-refractivity contribution in [2.75, 3.05) is 13.7 Å². The van der Waals surface area contributed by atoms with Crippen molar-refractivity contribution in [3.05, 3.63) is 35.9 Å². The highest BCUT2D eigenvalue weighted by molar-refractivity contribution is 5.80. The Kier molecular flexibility index (Phi) is 6.02. The molecule has 0 saturated carbocycles. The third kappa shape index (κ3) is 4.71. The molecule has 0 saturated heterocycles. The summed E-state index contributed by atoms with van der Waals surface area (Å²) in [5.74, 6) is -0.821. The normalized spacial score (nSPS) is 13.4. The number of methoxy groups -OCH3 is 1. The zero-order chi connectivity index (χ0) is 14.3. The molecule has 1 aromatic rings. The van der Waals surface area contributed by atoms with E-state index in [0.29, 0.717) is 0 Å². The molecule has 0 aliphatic rings. The summed E-state index contributed by atoms with van der Waals surface area (Å²) in [6.45, 7) is 2.01. The Morgan fingerprint density at radius 2 is 1.95 bits per heavy atom. The van der Waals surface area contributed by atoms with Crippen LogP contribution in [0.5, 0.6) is 0 Å². The lowest BCUT2D eigenvalue weighted by atomic mass is 10.0. The van der Waals surface area contributed by atoms with Gasteiger partial charge in [0.15, 0.2) is 0 Å². The molecular formula is C14H20N2O3. The van der Waals surface area contributed by atoms with Gasteiger partial charge in [-0.1, -0.05) is 37.3 Å². The fraction of sp³-hybridized carbons (Fsp3) is 0.429. The first-order valence-electron chi connectivity index (χ1n) is 6.20. The maximum absolute atomic E-state index is 11.9. The summed E-state index contributed by atoms with van der Waals surface area (Å²) in [4.78, 5) is 23.3. The number of hydrogen-bond donors (Lipinski definition) is 2. The van der Waals surface area contributed by atoms with E-state index in [1.807, 2.05) is 30.3 Å². The number of rotatable bonds is 6. The van der Waals surface area contributed by atoms with Crippen LogP contribution in [0.25, 0.3) is 0 Å². The van der Waals surface area contributed by atoms with Gasteiger partial charge in [0.05, 0.1) is 19.6 Å². The zero-order valence-corrected chi connectivity index (χ0v) is 11.3. The van der Waals surface area contributed by atoms with E-state index in [1.165, 1.54) is 7.11 Å². The minimum absolute atomic E-state index is 0.101. The van der Waals surface area contributed by atoms with Gasteiger partial charge in [-0.05, 0) is 5.56 Å². The lowest BCUT2D eigenvalue weighted by Gasteiger charge is -2.20. The largest absolute Gasteiger partial charge is 0.469 e. The molecule has 0 heterocycles. The molecule has 0 bridgehead atoms. The second-order valence-electron chi connectivity index (χ2n) is 4.39. The molecule has 104 valence electrons. The maximum Gasteiger partial charge on any atom is 0.307 e. The highest BCUT2D eigenvalue weighted by atomic mass is 16.5. The molecule has 0 spiro atoms. The van der Waals surface area contributed by atoms with Gasteiger partial charge in [0, 0.05) is 12.5 Å². The summed E-state index contributed by atoms with van der Waals surface area (Å²) < 4.78 is 4.66. The standard InChI is InChI=1S/C14H20N2O3/c1-10(9-15)14(18)16-12(8-13(17)19-2)11-6-4-3-5-7-11/h3-7,10,12H,8-9,15H2,1-2H3,(H,16,18). The fourth-order valence-electron chi connectivity index (χ4n) is 1.61. The molecule has 5 nitrogen and oxygen atoms in total. The number of hydrogen-bond acceptors (Lipinski definition) is 4. The molecule has 2 atom stereocenters. The predicted molar refractivity (Wildman–Crippen MR) is 72.2 cm³/mol. The maximum atomic E-state index is 11.9. The van der Waals surface area contributed by atoms with Crippen molar-refractivity contribution in [1.29, 1.82) is 0 Å². The molecule has 19 heavy (non-hydrogen) atoms. The Morgan fingerprint density at radius 3 is 2.47 bits per heavy atom. The van der Waals surface area contributed by atoms with Crippen LogP contribution in [0.4, 0.5) is 0 Å². The number of nitrogens with two attached hydrogens (primary N) is 1. The monoisotopic (exact) mass is 264 g/mol. The SMILES string of the molecule is COC(=O)CC(NC(=O)C(C)CN)c1ccccc1. The summed E-state index contributed by atoms with van der Waals surface area (Å²) in [5.41, 5.74) is 6.33. The number of carbonyl (C=O) groups is 2. The van der Waals surface area contributed by atoms with Gasteiger partial charge >= 0.3 is 5.97 Å². The van der Waals surface area contributed by atoms with Gasteiger partial charge in [-0.3, -0.25) is 9.59 Å². The van der Waals surface area contributed by atoms with Crippen molar-refractivity contribution < 1.29 is 14.3 Å². The molecule has 3 N–H and O–H groups in total. The van der Waals surface area contributed by atoms with E-state index in [-0.39, 0.29) is 30.8 Å². The first-order valence-corrected chi connectivity index (χ1v) is 6.20. The van der Waals surface area contributed by atoms with Crippen LogP contribution in [-0.4, -0.2) is 25.5 Å². The van der Waals surface area contributed by atoms with Gasteiger partial charge in [0.25, 0.3) is 0 Å². The van der Waals surface area contributed by atoms with E-state index in [2.05, 4.69) is 10.1 Å². The topological polar surface area (TPSA) is 81.4 Å².